The summed E-state index contributed by atoms with van der Waals surface area (Å²) in [5.41, 5.74) is 9.02. The minimum atomic E-state index is -0.0954. The number of hydrogen-bond donors (Lipinski definition) is 3. The van der Waals surface area contributed by atoms with Crippen LogP contribution >= 0.6 is 0 Å². The molecule has 0 heterocycles. The zero-order valence-corrected chi connectivity index (χ0v) is 11.1. The van der Waals surface area contributed by atoms with E-state index in [9.17, 15) is 4.79 Å². The predicted octanol–water partition coefficient (Wildman–Crippen LogP) is -0.261. The second-order valence-corrected chi connectivity index (χ2v) is 4.19. The van der Waals surface area contributed by atoms with Crippen LogP contribution in [0.1, 0.15) is 22.8 Å². The molecule has 1 aromatic carbocycles. The topological polar surface area (TPSA) is 69.1 Å². The molecule has 4 heteroatoms. The summed E-state index contributed by atoms with van der Waals surface area (Å²) < 4.78 is 0. The van der Waals surface area contributed by atoms with Gasteiger partial charge in [0.2, 0.25) is 0 Å². The lowest BCUT2D eigenvalue weighted by Crippen LogP contribution is -2.63. The third kappa shape index (κ3) is 4.05. The molecule has 18 heavy (non-hydrogen) atoms. The van der Waals surface area contributed by atoms with Crippen LogP contribution in [0.15, 0.2) is 35.5 Å². The Kier molecular flexibility index (Phi) is 5.11. The molecule has 1 amide bonds. The van der Waals surface area contributed by atoms with Gasteiger partial charge >= 0.3 is 0 Å². The van der Waals surface area contributed by atoms with Crippen LogP contribution in [0, 0.1) is 6.92 Å². The molecule has 4 nitrogen and oxygen atoms in total. The smallest absolute Gasteiger partial charge is 0.251 e. The highest BCUT2D eigenvalue weighted by molar-refractivity contribution is 5.95. The molecule has 0 radical (unpaired) electrons. The maximum atomic E-state index is 11.9. The molecule has 96 valence electrons. The van der Waals surface area contributed by atoms with Gasteiger partial charge in [0.1, 0.15) is 7.05 Å². The van der Waals surface area contributed by atoms with Gasteiger partial charge in [-0.3, -0.25) is 9.79 Å². The van der Waals surface area contributed by atoms with Crippen molar-refractivity contribution in [3.63, 3.8) is 0 Å². The molecular weight excluding hydrogens is 226 g/mol. The zero-order valence-electron chi connectivity index (χ0n) is 11.1. The third-order valence-corrected chi connectivity index (χ3v) is 2.54. The number of hydrogen-bond acceptors (Lipinski definition) is 2. The molecule has 0 aliphatic rings. The van der Waals surface area contributed by atoms with Crippen LogP contribution in [0.5, 0.6) is 0 Å². The largest absolute Gasteiger partial charge is 0.402 e. The van der Waals surface area contributed by atoms with E-state index < -0.39 is 0 Å². The van der Waals surface area contributed by atoms with Crippen molar-refractivity contribution in [1.29, 1.82) is 0 Å². The molecule has 0 unspecified atom stereocenters. The second kappa shape index (κ2) is 6.59. The fraction of sp³-hybridized carbons (Fsp3) is 0.286. The van der Waals surface area contributed by atoms with Crippen LogP contribution in [0.2, 0.25) is 0 Å². The Morgan fingerprint density at radius 3 is 2.78 bits per heavy atom. The first kappa shape index (κ1) is 14.0. The number of carbonyl (C=O) groups excluding carboxylic acids is 1. The first-order chi connectivity index (χ1) is 8.54. The molecule has 0 aliphatic carbocycles. The number of nitrogens with two attached hydrogens (primary N) is 1. The number of amides is 1. The van der Waals surface area contributed by atoms with Crippen LogP contribution < -0.4 is 16.0 Å². The Hall–Kier alpha value is -2.10. The summed E-state index contributed by atoms with van der Waals surface area (Å²) in [7, 11) is 1.80. The van der Waals surface area contributed by atoms with Crippen LogP contribution in [-0.2, 0) is 0 Å². The summed E-state index contributed by atoms with van der Waals surface area (Å²) in [6.45, 7) is 4.18. The van der Waals surface area contributed by atoms with Crippen molar-refractivity contribution in [2.24, 2.45) is 5.73 Å². The SMILES string of the molecule is C[NH+]=CC(CNC(=O)c1cccc(C)c1)=C(C)N. The lowest BCUT2D eigenvalue weighted by molar-refractivity contribution is -0.413. The van der Waals surface area contributed by atoms with Crippen molar-refractivity contribution in [3.8, 4) is 0 Å². The van der Waals surface area contributed by atoms with E-state index in [0.717, 1.165) is 11.1 Å². The normalized spacial score (nSPS) is 12.4. The molecule has 0 fully saturated rings. The fourth-order valence-corrected chi connectivity index (χ4v) is 1.54. The average molecular weight is 246 g/mol. The lowest BCUT2D eigenvalue weighted by Gasteiger charge is -2.06. The number of benzene rings is 1. The minimum absolute atomic E-state index is 0.0954. The molecule has 0 aliphatic heterocycles. The van der Waals surface area contributed by atoms with Gasteiger partial charge in [-0.15, -0.1) is 0 Å². The highest BCUT2D eigenvalue weighted by Crippen LogP contribution is 2.03. The predicted molar refractivity (Wildman–Crippen MR) is 73.4 cm³/mol. The first-order valence-corrected chi connectivity index (χ1v) is 5.85. The van der Waals surface area contributed by atoms with E-state index >= 15 is 0 Å². The maximum absolute atomic E-state index is 11.9. The summed E-state index contributed by atoms with van der Waals surface area (Å²) in [5.74, 6) is -0.0954. The molecule has 0 bridgehead atoms. The quantitative estimate of drug-likeness (QED) is 0.641. The van der Waals surface area contributed by atoms with Crippen LogP contribution in [0.3, 0.4) is 0 Å². The van der Waals surface area contributed by atoms with Gasteiger partial charge in [-0.25, -0.2) is 0 Å². The highest BCUT2D eigenvalue weighted by Gasteiger charge is 2.07. The van der Waals surface area contributed by atoms with Gasteiger partial charge < -0.3 is 11.1 Å². The summed E-state index contributed by atoms with van der Waals surface area (Å²) >= 11 is 0. The van der Waals surface area contributed by atoms with E-state index in [1.54, 1.807) is 19.3 Å². The molecule has 0 spiro atoms. The molecule has 0 aromatic heterocycles. The second-order valence-electron chi connectivity index (χ2n) is 4.19. The Bertz CT molecular complexity index is 486. The highest BCUT2D eigenvalue weighted by atomic mass is 16.1. The Morgan fingerprint density at radius 2 is 2.22 bits per heavy atom. The van der Waals surface area contributed by atoms with E-state index in [1.165, 1.54) is 0 Å². The standard InChI is InChI=1S/C14H19N3O/c1-10-5-4-6-12(7-10)14(18)17-9-13(8-16-3)11(2)15/h4-8H,9,15H2,1-3H3,(H,17,18)/p+1. The van der Waals surface area contributed by atoms with Crippen molar-refractivity contribution in [2.75, 3.05) is 13.6 Å². The van der Waals surface area contributed by atoms with E-state index in [4.69, 9.17) is 5.73 Å². The number of allylic oxidation sites excluding steroid dienone is 1. The van der Waals surface area contributed by atoms with Gasteiger partial charge in [0.05, 0.1) is 12.1 Å². The zero-order chi connectivity index (χ0) is 13.5. The van der Waals surface area contributed by atoms with Crippen molar-refractivity contribution in [3.05, 3.63) is 46.7 Å². The van der Waals surface area contributed by atoms with E-state index in [-0.39, 0.29) is 5.91 Å². The van der Waals surface area contributed by atoms with Crippen molar-refractivity contribution in [2.45, 2.75) is 13.8 Å². The van der Waals surface area contributed by atoms with Gasteiger partial charge in [-0.1, -0.05) is 17.7 Å². The minimum Gasteiger partial charge on any atom is -0.402 e. The Labute approximate surface area is 108 Å². The van der Waals surface area contributed by atoms with E-state index in [2.05, 4.69) is 10.3 Å². The van der Waals surface area contributed by atoms with Gasteiger partial charge in [-0.2, -0.15) is 0 Å². The first-order valence-electron chi connectivity index (χ1n) is 5.85. The number of carbonyl (C=O) groups is 1. The number of rotatable bonds is 4. The Morgan fingerprint density at radius 1 is 1.50 bits per heavy atom. The number of aryl methyl sites for hydroxylation is 1. The van der Waals surface area contributed by atoms with Crippen LogP contribution in [0.25, 0.3) is 0 Å². The van der Waals surface area contributed by atoms with Crippen molar-refractivity contribution < 1.29 is 9.79 Å². The van der Waals surface area contributed by atoms with Gasteiger partial charge in [0, 0.05) is 11.3 Å². The summed E-state index contributed by atoms with van der Waals surface area (Å²) in [5, 5.41) is 2.84. The number of nitrogens with one attached hydrogen (secondary N) is 2. The molecule has 0 saturated heterocycles. The summed E-state index contributed by atoms with van der Waals surface area (Å²) in [4.78, 5) is 14.8. The summed E-state index contributed by atoms with van der Waals surface area (Å²) in [6.07, 6.45) is 1.78. The molecule has 0 saturated carbocycles. The molecule has 4 N–H and O–H groups in total. The lowest BCUT2D eigenvalue weighted by atomic mass is 10.1. The monoisotopic (exact) mass is 246 g/mol. The molecule has 1 aromatic rings. The molecule has 1 rings (SSSR count). The van der Waals surface area contributed by atoms with Crippen LogP contribution in [0.4, 0.5) is 0 Å². The average Bonchev–Trinajstić information content (AvgIpc) is 2.33. The summed E-state index contributed by atoms with van der Waals surface area (Å²) in [6, 6.07) is 7.48. The third-order valence-electron chi connectivity index (χ3n) is 2.54. The fourth-order valence-electron chi connectivity index (χ4n) is 1.54. The van der Waals surface area contributed by atoms with Gasteiger partial charge in [-0.05, 0) is 26.0 Å². The van der Waals surface area contributed by atoms with E-state index in [1.807, 2.05) is 32.0 Å². The molecule has 0 atom stereocenters. The maximum Gasteiger partial charge on any atom is 0.251 e. The van der Waals surface area contributed by atoms with Crippen molar-refractivity contribution in [1.82, 2.24) is 5.32 Å². The van der Waals surface area contributed by atoms with Crippen LogP contribution in [-0.4, -0.2) is 25.7 Å². The van der Waals surface area contributed by atoms with Gasteiger partial charge in [0.25, 0.3) is 5.91 Å². The van der Waals surface area contributed by atoms with Gasteiger partial charge in [0.15, 0.2) is 6.21 Å². The van der Waals surface area contributed by atoms with Crippen molar-refractivity contribution >= 4 is 12.1 Å². The molecular formula is C14H20N3O+. The Balaban J connectivity index is 2.69. The van der Waals surface area contributed by atoms with E-state index in [0.29, 0.717) is 17.8 Å².